The second kappa shape index (κ2) is 8.10. The maximum absolute atomic E-state index is 13.5. The zero-order valence-corrected chi connectivity index (χ0v) is 17.0. The Bertz CT molecular complexity index is 1120. The number of carbonyl (C=O) groups excluding carboxylic acids is 2. The SMILES string of the molecule is Cc1cccc(CNC(=O)c2nn(C)c3c2CN(C(=O)c2cccc(F)c2)CC3)c1. The molecule has 0 spiro atoms. The number of benzene rings is 2. The van der Waals surface area contributed by atoms with E-state index in [9.17, 15) is 14.0 Å². The minimum absolute atomic E-state index is 0.255. The van der Waals surface area contributed by atoms with Crippen LogP contribution in [0.15, 0.2) is 48.5 Å². The number of amides is 2. The molecule has 2 amide bonds. The van der Waals surface area contributed by atoms with Gasteiger partial charge in [0.25, 0.3) is 11.8 Å². The molecular weight excluding hydrogens is 383 g/mol. The first kappa shape index (κ1) is 19.8. The fourth-order valence-corrected chi connectivity index (χ4v) is 3.84. The van der Waals surface area contributed by atoms with Gasteiger partial charge in [0.05, 0.1) is 6.54 Å². The molecule has 0 saturated carbocycles. The number of nitrogens with one attached hydrogen (secondary N) is 1. The molecule has 0 radical (unpaired) electrons. The van der Waals surface area contributed by atoms with Crippen molar-refractivity contribution < 1.29 is 14.0 Å². The van der Waals surface area contributed by atoms with Crippen LogP contribution >= 0.6 is 0 Å². The van der Waals surface area contributed by atoms with Crippen LogP contribution in [-0.2, 0) is 26.6 Å². The summed E-state index contributed by atoms with van der Waals surface area (Å²) in [4.78, 5) is 27.3. The minimum atomic E-state index is -0.448. The van der Waals surface area contributed by atoms with Gasteiger partial charge in [-0.15, -0.1) is 0 Å². The Balaban J connectivity index is 1.52. The molecule has 7 heteroatoms. The van der Waals surface area contributed by atoms with Crippen LogP contribution in [0.3, 0.4) is 0 Å². The molecular formula is C23H23FN4O2. The molecule has 0 bridgehead atoms. The predicted octanol–water partition coefficient (Wildman–Crippen LogP) is 3.00. The van der Waals surface area contributed by atoms with E-state index in [4.69, 9.17) is 0 Å². The highest BCUT2D eigenvalue weighted by Gasteiger charge is 2.29. The largest absolute Gasteiger partial charge is 0.347 e. The molecule has 1 aliphatic rings. The summed E-state index contributed by atoms with van der Waals surface area (Å²) in [7, 11) is 1.81. The lowest BCUT2D eigenvalue weighted by Crippen LogP contribution is -2.37. The van der Waals surface area contributed by atoms with Gasteiger partial charge in [0.15, 0.2) is 5.69 Å². The topological polar surface area (TPSA) is 67.2 Å². The molecule has 2 aromatic carbocycles. The first-order valence-electron chi connectivity index (χ1n) is 9.85. The van der Waals surface area contributed by atoms with Gasteiger partial charge in [-0.2, -0.15) is 5.10 Å². The minimum Gasteiger partial charge on any atom is -0.347 e. The van der Waals surface area contributed by atoms with E-state index in [-0.39, 0.29) is 18.4 Å². The van der Waals surface area contributed by atoms with E-state index >= 15 is 0 Å². The van der Waals surface area contributed by atoms with Crippen molar-refractivity contribution in [1.29, 1.82) is 0 Å². The molecule has 2 heterocycles. The number of halogens is 1. The highest BCUT2D eigenvalue weighted by molar-refractivity contribution is 5.96. The Morgan fingerprint density at radius 3 is 2.73 bits per heavy atom. The number of nitrogens with zero attached hydrogens (tertiary/aromatic N) is 3. The van der Waals surface area contributed by atoms with Crippen molar-refractivity contribution >= 4 is 11.8 Å². The van der Waals surface area contributed by atoms with Crippen molar-refractivity contribution in [2.75, 3.05) is 6.54 Å². The number of fused-ring (bicyclic) bond motifs is 1. The van der Waals surface area contributed by atoms with Crippen LogP contribution in [0.1, 0.15) is 43.2 Å². The van der Waals surface area contributed by atoms with Crippen LogP contribution < -0.4 is 5.32 Å². The molecule has 0 unspecified atom stereocenters. The summed E-state index contributed by atoms with van der Waals surface area (Å²) in [6, 6.07) is 13.6. The summed E-state index contributed by atoms with van der Waals surface area (Å²) in [5.74, 6) is -0.973. The van der Waals surface area contributed by atoms with Gasteiger partial charge < -0.3 is 10.2 Å². The van der Waals surface area contributed by atoms with E-state index in [2.05, 4.69) is 10.4 Å². The Morgan fingerprint density at radius 1 is 1.17 bits per heavy atom. The van der Waals surface area contributed by atoms with E-state index in [1.807, 2.05) is 31.2 Å². The average molecular weight is 406 g/mol. The van der Waals surface area contributed by atoms with Crippen molar-refractivity contribution in [3.05, 3.63) is 88.0 Å². The molecule has 154 valence electrons. The summed E-state index contributed by atoms with van der Waals surface area (Å²) in [6.45, 7) is 3.17. The maximum Gasteiger partial charge on any atom is 0.272 e. The number of hydrogen-bond acceptors (Lipinski definition) is 3. The van der Waals surface area contributed by atoms with E-state index in [0.717, 1.165) is 22.4 Å². The molecule has 0 fully saturated rings. The van der Waals surface area contributed by atoms with Crippen molar-refractivity contribution in [3.8, 4) is 0 Å². The van der Waals surface area contributed by atoms with Crippen LogP contribution in [0.25, 0.3) is 0 Å². The van der Waals surface area contributed by atoms with Gasteiger partial charge in [-0.1, -0.05) is 35.9 Å². The van der Waals surface area contributed by atoms with Crippen molar-refractivity contribution in [3.63, 3.8) is 0 Å². The molecule has 4 rings (SSSR count). The van der Waals surface area contributed by atoms with Crippen LogP contribution in [0.5, 0.6) is 0 Å². The molecule has 0 atom stereocenters. The Labute approximate surface area is 174 Å². The predicted molar refractivity (Wildman–Crippen MR) is 110 cm³/mol. The molecule has 0 aliphatic carbocycles. The summed E-state index contributed by atoms with van der Waals surface area (Å²) in [5.41, 5.74) is 4.46. The van der Waals surface area contributed by atoms with Crippen LogP contribution in [0, 0.1) is 12.7 Å². The third kappa shape index (κ3) is 3.96. The van der Waals surface area contributed by atoms with Crippen LogP contribution in [-0.4, -0.2) is 33.0 Å². The first-order valence-corrected chi connectivity index (χ1v) is 9.85. The fraction of sp³-hybridized carbons (Fsp3) is 0.261. The molecule has 1 aromatic heterocycles. The Hall–Kier alpha value is -3.48. The zero-order chi connectivity index (χ0) is 21.3. The van der Waals surface area contributed by atoms with Crippen LogP contribution in [0.2, 0.25) is 0 Å². The van der Waals surface area contributed by atoms with Crippen LogP contribution in [0.4, 0.5) is 4.39 Å². The number of hydrogen-bond donors (Lipinski definition) is 1. The first-order chi connectivity index (χ1) is 14.4. The van der Waals surface area contributed by atoms with Crippen molar-refractivity contribution in [2.45, 2.75) is 26.4 Å². The standard InChI is InChI=1S/C23H23FN4O2/c1-15-5-3-6-16(11-15)13-25-22(29)21-19-14-28(10-9-20(19)27(2)26-21)23(30)17-7-4-8-18(24)12-17/h3-8,11-12H,9-10,13-14H2,1-2H3,(H,25,29). The lowest BCUT2D eigenvalue weighted by molar-refractivity contribution is 0.0730. The summed E-state index contributed by atoms with van der Waals surface area (Å²) in [5, 5.41) is 7.33. The Kier molecular flexibility index (Phi) is 5.35. The van der Waals surface area contributed by atoms with Gasteiger partial charge in [-0.3, -0.25) is 14.3 Å². The average Bonchev–Trinajstić information content (AvgIpc) is 3.07. The summed E-state index contributed by atoms with van der Waals surface area (Å²) < 4.78 is 15.2. The highest BCUT2D eigenvalue weighted by atomic mass is 19.1. The maximum atomic E-state index is 13.5. The highest BCUT2D eigenvalue weighted by Crippen LogP contribution is 2.24. The smallest absolute Gasteiger partial charge is 0.272 e. The van der Waals surface area contributed by atoms with Gasteiger partial charge in [-0.25, -0.2) is 4.39 Å². The van der Waals surface area contributed by atoms with Gasteiger partial charge >= 0.3 is 0 Å². The van der Waals surface area contributed by atoms with Gasteiger partial charge in [-0.05, 0) is 30.7 Å². The second-order valence-electron chi connectivity index (χ2n) is 7.56. The van der Waals surface area contributed by atoms with E-state index in [1.54, 1.807) is 22.7 Å². The van der Waals surface area contributed by atoms with Gasteiger partial charge in [0, 0.05) is 43.4 Å². The van der Waals surface area contributed by atoms with Crippen molar-refractivity contribution in [1.82, 2.24) is 20.0 Å². The number of aromatic nitrogens is 2. The molecule has 1 aliphatic heterocycles. The van der Waals surface area contributed by atoms with Gasteiger partial charge in [0.1, 0.15) is 5.82 Å². The monoisotopic (exact) mass is 406 g/mol. The summed E-state index contributed by atoms with van der Waals surface area (Å²) >= 11 is 0. The lowest BCUT2D eigenvalue weighted by atomic mass is 10.0. The quantitative estimate of drug-likeness (QED) is 0.724. The normalized spacial score (nSPS) is 13.1. The summed E-state index contributed by atoms with van der Waals surface area (Å²) in [6.07, 6.45) is 0.588. The molecule has 1 N–H and O–H groups in total. The number of rotatable bonds is 4. The third-order valence-corrected chi connectivity index (χ3v) is 5.35. The van der Waals surface area contributed by atoms with Gasteiger partial charge in [0.2, 0.25) is 0 Å². The lowest BCUT2D eigenvalue weighted by Gasteiger charge is -2.27. The van der Waals surface area contributed by atoms with E-state index in [1.165, 1.54) is 18.2 Å². The van der Waals surface area contributed by atoms with Crippen molar-refractivity contribution in [2.24, 2.45) is 7.05 Å². The molecule has 3 aromatic rings. The molecule has 30 heavy (non-hydrogen) atoms. The molecule has 6 nitrogen and oxygen atoms in total. The fourth-order valence-electron chi connectivity index (χ4n) is 3.84. The van der Waals surface area contributed by atoms with E-state index < -0.39 is 5.82 Å². The number of carbonyl (C=O) groups is 2. The second-order valence-corrected chi connectivity index (χ2v) is 7.56. The molecule has 0 saturated heterocycles. The zero-order valence-electron chi connectivity index (χ0n) is 17.0. The van der Waals surface area contributed by atoms with E-state index in [0.29, 0.717) is 30.8 Å². The third-order valence-electron chi connectivity index (χ3n) is 5.35. The number of aryl methyl sites for hydroxylation is 2. The Morgan fingerprint density at radius 2 is 1.97 bits per heavy atom.